The van der Waals surface area contributed by atoms with Gasteiger partial charge in [-0.3, -0.25) is 14.6 Å². The Labute approximate surface area is 123 Å². The van der Waals surface area contributed by atoms with Crippen LogP contribution in [0.5, 0.6) is 0 Å². The Morgan fingerprint density at radius 1 is 1.48 bits per heavy atom. The highest BCUT2D eigenvalue weighted by atomic mass is 16.2. The third-order valence-corrected chi connectivity index (χ3v) is 2.88. The van der Waals surface area contributed by atoms with Gasteiger partial charge in [0, 0.05) is 25.4 Å². The van der Waals surface area contributed by atoms with Gasteiger partial charge < -0.3 is 16.2 Å². The molecule has 0 fully saturated rings. The van der Waals surface area contributed by atoms with Gasteiger partial charge in [0.2, 0.25) is 5.91 Å². The van der Waals surface area contributed by atoms with Crippen molar-refractivity contribution in [3.63, 3.8) is 0 Å². The van der Waals surface area contributed by atoms with Crippen molar-refractivity contribution in [3.8, 4) is 11.8 Å². The highest BCUT2D eigenvalue weighted by molar-refractivity contribution is 5.97. The fourth-order valence-electron chi connectivity index (χ4n) is 1.39. The molecule has 0 unspecified atom stereocenters. The Morgan fingerprint density at radius 2 is 2.19 bits per heavy atom. The lowest BCUT2D eigenvalue weighted by molar-refractivity contribution is -0.125. The average molecular weight is 289 g/mol. The number of aromatic nitrogens is 1. The summed E-state index contributed by atoms with van der Waals surface area (Å²) in [6, 6.07) is 1.55. The maximum atomic E-state index is 12.2. The molecule has 1 aromatic heterocycles. The van der Waals surface area contributed by atoms with Crippen molar-refractivity contribution in [2.75, 3.05) is 13.2 Å². The van der Waals surface area contributed by atoms with E-state index in [4.69, 9.17) is 10.8 Å². The number of carbonyl (C=O) groups excluding carboxylic acids is 2. The molecule has 0 aromatic carbocycles. The predicted octanol–water partition coefficient (Wildman–Crippen LogP) is 0.0568. The van der Waals surface area contributed by atoms with E-state index in [2.05, 4.69) is 22.1 Å². The van der Waals surface area contributed by atoms with Crippen LogP contribution in [0, 0.1) is 17.3 Å². The van der Waals surface area contributed by atoms with E-state index in [0.29, 0.717) is 17.5 Å². The second kappa shape index (κ2) is 7.41. The van der Waals surface area contributed by atoms with Gasteiger partial charge in [0.1, 0.15) is 0 Å². The average Bonchev–Trinajstić information content (AvgIpc) is 2.45. The number of carbonyl (C=O) groups is 2. The van der Waals surface area contributed by atoms with Crippen LogP contribution in [-0.4, -0.2) is 35.1 Å². The number of aliphatic hydroxyl groups excluding tert-OH is 1. The molecular formula is C15H19N3O3. The molecule has 6 nitrogen and oxygen atoms in total. The molecule has 0 bridgehead atoms. The molecule has 1 rings (SSSR count). The molecule has 1 aromatic rings. The van der Waals surface area contributed by atoms with Crippen molar-refractivity contribution < 1.29 is 14.7 Å². The SMILES string of the molecule is CC(C)(CNC(=O)c1ccncc1C#CCCO)C(N)=O. The van der Waals surface area contributed by atoms with Crippen LogP contribution >= 0.6 is 0 Å². The number of aliphatic hydroxyl groups is 1. The molecule has 2 amide bonds. The first kappa shape index (κ1) is 16.7. The number of hydrogen-bond acceptors (Lipinski definition) is 4. The number of primary amides is 1. The molecule has 112 valence electrons. The highest BCUT2D eigenvalue weighted by Crippen LogP contribution is 2.13. The number of rotatable bonds is 5. The van der Waals surface area contributed by atoms with Crippen molar-refractivity contribution >= 4 is 11.8 Å². The Hall–Kier alpha value is -2.39. The van der Waals surface area contributed by atoms with E-state index in [-0.39, 0.29) is 19.1 Å². The normalized spacial score (nSPS) is 10.4. The minimum atomic E-state index is -0.828. The summed E-state index contributed by atoms with van der Waals surface area (Å²) in [6.45, 7) is 3.41. The minimum absolute atomic E-state index is 0.0401. The fraction of sp³-hybridized carbons (Fsp3) is 0.400. The molecule has 1 heterocycles. The van der Waals surface area contributed by atoms with Gasteiger partial charge >= 0.3 is 0 Å². The first-order valence-electron chi connectivity index (χ1n) is 6.50. The summed E-state index contributed by atoms with van der Waals surface area (Å²) in [5, 5.41) is 11.4. The van der Waals surface area contributed by atoms with Gasteiger partial charge in [-0.05, 0) is 19.9 Å². The number of nitrogens with zero attached hydrogens (tertiary/aromatic N) is 1. The predicted molar refractivity (Wildman–Crippen MR) is 78.1 cm³/mol. The number of hydrogen-bond donors (Lipinski definition) is 3. The van der Waals surface area contributed by atoms with Crippen LogP contribution < -0.4 is 11.1 Å². The number of nitrogens with two attached hydrogens (primary N) is 1. The molecule has 4 N–H and O–H groups in total. The first-order valence-corrected chi connectivity index (χ1v) is 6.50. The molecule has 0 aliphatic heterocycles. The summed E-state index contributed by atoms with van der Waals surface area (Å²) in [4.78, 5) is 27.3. The van der Waals surface area contributed by atoms with Gasteiger partial charge in [-0.25, -0.2) is 0 Å². The van der Waals surface area contributed by atoms with Gasteiger partial charge in [0.15, 0.2) is 0 Å². The molecule has 0 spiro atoms. The molecule has 0 aliphatic carbocycles. The van der Waals surface area contributed by atoms with Crippen molar-refractivity contribution in [1.82, 2.24) is 10.3 Å². The van der Waals surface area contributed by atoms with Gasteiger partial charge in [-0.1, -0.05) is 11.8 Å². The Kier molecular flexibility index (Phi) is 5.88. The van der Waals surface area contributed by atoms with E-state index < -0.39 is 11.3 Å². The van der Waals surface area contributed by atoms with E-state index in [1.165, 1.54) is 12.4 Å². The van der Waals surface area contributed by atoms with Gasteiger partial charge in [0.05, 0.1) is 23.1 Å². The van der Waals surface area contributed by atoms with Gasteiger partial charge in [-0.15, -0.1) is 0 Å². The van der Waals surface area contributed by atoms with Crippen molar-refractivity contribution in [3.05, 3.63) is 29.6 Å². The molecule has 6 heteroatoms. The number of pyridine rings is 1. The lowest BCUT2D eigenvalue weighted by atomic mass is 9.92. The summed E-state index contributed by atoms with van der Waals surface area (Å²) in [5.41, 5.74) is 5.28. The maximum Gasteiger partial charge on any atom is 0.252 e. The van der Waals surface area contributed by atoms with E-state index in [1.54, 1.807) is 19.9 Å². The Bertz CT molecular complexity index is 585. The number of amides is 2. The van der Waals surface area contributed by atoms with Crippen LogP contribution in [0.3, 0.4) is 0 Å². The van der Waals surface area contributed by atoms with Crippen LogP contribution in [0.4, 0.5) is 0 Å². The van der Waals surface area contributed by atoms with E-state index in [9.17, 15) is 9.59 Å². The lowest BCUT2D eigenvalue weighted by Crippen LogP contribution is -2.42. The second-order valence-electron chi connectivity index (χ2n) is 5.13. The molecule has 0 saturated carbocycles. The smallest absolute Gasteiger partial charge is 0.252 e. The van der Waals surface area contributed by atoms with Crippen LogP contribution in [0.2, 0.25) is 0 Å². The minimum Gasteiger partial charge on any atom is -0.395 e. The molecule has 21 heavy (non-hydrogen) atoms. The first-order chi connectivity index (χ1) is 9.88. The quantitative estimate of drug-likeness (QED) is 0.666. The van der Waals surface area contributed by atoms with E-state index in [1.807, 2.05) is 0 Å². The van der Waals surface area contributed by atoms with E-state index >= 15 is 0 Å². The zero-order valence-corrected chi connectivity index (χ0v) is 12.1. The molecule has 0 aliphatic rings. The fourth-order valence-corrected chi connectivity index (χ4v) is 1.39. The molecular weight excluding hydrogens is 270 g/mol. The lowest BCUT2D eigenvalue weighted by Gasteiger charge is -2.20. The maximum absolute atomic E-state index is 12.2. The summed E-state index contributed by atoms with van der Waals surface area (Å²) in [7, 11) is 0. The summed E-state index contributed by atoms with van der Waals surface area (Å²) in [6.07, 6.45) is 3.30. The highest BCUT2D eigenvalue weighted by Gasteiger charge is 2.25. The third kappa shape index (κ3) is 4.89. The largest absolute Gasteiger partial charge is 0.395 e. The van der Waals surface area contributed by atoms with Gasteiger partial charge in [-0.2, -0.15) is 0 Å². The standard InChI is InChI=1S/C15H19N3O3/c1-15(2,14(16)21)10-18-13(20)12-6-7-17-9-11(12)5-3-4-8-19/h6-7,9,19H,4,8,10H2,1-2H3,(H2,16,21)(H,18,20). The van der Waals surface area contributed by atoms with Crippen molar-refractivity contribution in [2.24, 2.45) is 11.1 Å². The van der Waals surface area contributed by atoms with Crippen LogP contribution in [0.25, 0.3) is 0 Å². The van der Waals surface area contributed by atoms with Crippen molar-refractivity contribution in [1.29, 1.82) is 0 Å². The molecule has 0 saturated heterocycles. The van der Waals surface area contributed by atoms with Crippen LogP contribution in [0.1, 0.15) is 36.2 Å². The van der Waals surface area contributed by atoms with Gasteiger partial charge in [0.25, 0.3) is 5.91 Å². The Morgan fingerprint density at radius 3 is 2.81 bits per heavy atom. The third-order valence-electron chi connectivity index (χ3n) is 2.88. The monoisotopic (exact) mass is 289 g/mol. The van der Waals surface area contributed by atoms with E-state index in [0.717, 1.165) is 0 Å². The second-order valence-corrected chi connectivity index (χ2v) is 5.13. The van der Waals surface area contributed by atoms with Crippen LogP contribution in [0.15, 0.2) is 18.5 Å². The zero-order valence-electron chi connectivity index (χ0n) is 12.1. The number of nitrogens with one attached hydrogen (secondary N) is 1. The summed E-state index contributed by atoms with van der Waals surface area (Å²) < 4.78 is 0. The Balaban J connectivity index is 2.84. The molecule has 0 radical (unpaired) electrons. The zero-order chi connectivity index (χ0) is 15.9. The molecule has 0 atom stereocenters. The van der Waals surface area contributed by atoms with Crippen molar-refractivity contribution in [2.45, 2.75) is 20.3 Å². The summed E-state index contributed by atoms with van der Waals surface area (Å²) >= 11 is 0. The summed E-state index contributed by atoms with van der Waals surface area (Å²) in [5.74, 6) is 4.70. The topological polar surface area (TPSA) is 105 Å². The van der Waals surface area contributed by atoms with Crippen LogP contribution in [-0.2, 0) is 4.79 Å².